The summed E-state index contributed by atoms with van der Waals surface area (Å²) >= 11 is 0. The number of carboxylic acids is 1. The van der Waals surface area contributed by atoms with Crippen LogP contribution in [-0.4, -0.2) is 20.9 Å². The number of carboxylic acid groups (broad SMARTS) is 1. The van der Waals surface area contributed by atoms with Crippen LogP contribution in [0.2, 0.25) is 0 Å². The highest BCUT2D eigenvalue weighted by molar-refractivity contribution is 5.90. The number of aromatic nitrogens is 2. The second-order valence-corrected chi connectivity index (χ2v) is 6.45. The highest BCUT2D eigenvalue weighted by Gasteiger charge is 2.37. The number of nitrogens with zero attached hydrogens (tertiary/aromatic N) is 2. The van der Waals surface area contributed by atoms with E-state index in [0.29, 0.717) is 17.2 Å². The van der Waals surface area contributed by atoms with Crippen LogP contribution in [0.15, 0.2) is 30.3 Å². The molecule has 1 aliphatic rings. The summed E-state index contributed by atoms with van der Waals surface area (Å²) in [6.45, 7) is 6.04. The Hall–Kier alpha value is -2.10. The van der Waals surface area contributed by atoms with E-state index in [9.17, 15) is 9.90 Å². The fraction of sp³-hybridized carbons (Fsp3) is 0.412. The van der Waals surface area contributed by atoms with Gasteiger partial charge in [0.25, 0.3) is 0 Å². The van der Waals surface area contributed by atoms with Crippen molar-refractivity contribution in [2.75, 3.05) is 0 Å². The summed E-state index contributed by atoms with van der Waals surface area (Å²) in [5, 5.41) is 14.0. The number of aromatic carboxylic acids is 1. The summed E-state index contributed by atoms with van der Waals surface area (Å²) in [5.74, 6) is -0.541. The second-order valence-electron chi connectivity index (χ2n) is 6.45. The van der Waals surface area contributed by atoms with Gasteiger partial charge in [-0.2, -0.15) is 5.10 Å². The van der Waals surface area contributed by atoms with E-state index in [-0.39, 0.29) is 5.54 Å². The van der Waals surface area contributed by atoms with Gasteiger partial charge in [-0.25, -0.2) is 4.79 Å². The normalized spacial score (nSPS) is 20.0. The van der Waals surface area contributed by atoms with Crippen LogP contribution in [0.25, 0.3) is 0 Å². The lowest BCUT2D eigenvalue weighted by Crippen LogP contribution is -2.36. The third-order valence-corrected chi connectivity index (χ3v) is 4.40. The number of hydrogen-bond donors (Lipinski definition) is 1. The van der Waals surface area contributed by atoms with Crippen LogP contribution in [-0.2, 0) is 12.0 Å². The summed E-state index contributed by atoms with van der Waals surface area (Å²) < 4.78 is 1.92. The van der Waals surface area contributed by atoms with Gasteiger partial charge in [0.15, 0.2) is 0 Å². The lowest BCUT2D eigenvalue weighted by atomic mass is 9.79. The minimum absolute atomic E-state index is 0.174. The Morgan fingerprint density at radius 1 is 1.33 bits per heavy atom. The first-order valence-corrected chi connectivity index (χ1v) is 7.27. The van der Waals surface area contributed by atoms with Crippen LogP contribution >= 0.6 is 0 Å². The van der Waals surface area contributed by atoms with Crippen LogP contribution in [0.5, 0.6) is 0 Å². The highest BCUT2D eigenvalue weighted by Crippen LogP contribution is 2.40. The number of fused-ring (bicyclic) bond motifs is 1. The molecule has 3 rings (SSSR count). The van der Waals surface area contributed by atoms with Crippen LogP contribution < -0.4 is 0 Å². The van der Waals surface area contributed by atoms with E-state index in [4.69, 9.17) is 0 Å². The number of benzene rings is 1. The quantitative estimate of drug-likeness (QED) is 0.920. The number of rotatable bonds is 2. The van der Waals surface area contributed by atoms with Crippen LogP contribution in [0.1, 0.15) is 53.5 Å². The molecule has 21 heavy (non-hydrogen) atoms. The van der Waals surface area contributed by atoms with Gasteiger partial charge in [-0.15, -0.1) is 0 Å². The van der Waals surface area contributed by atoms with Crippen molar-refractivity contribution in [2.45, 2.75) is 45.1 Å². The first-order chi connectivity index (χ1) is 9.90. The van der Waals surface area contributed by atoms with Gasteiger partial charge in [-0.05, 0) is 45.1 Å². The fourth-order valence-electron chi connectivity index (χ4n) is 3.50. The molecule has 1 N–H and O–H groups in total. The predicted octanol–water partition coefficient (Wildman–Crippen LogP) is 3.35. The zero-order valence-corrected chi connectivity index (χ0v) is 12.6. The van der Waals surface area contributed by atoms with Crippen molar-refractivity contribution in [2.24, 2.45) is 0 Å². The Kier molecular flexibility index (Phi) is 3.12. The molecule has 0 bridgehead atoms. The van der Waals surface area contributed by atoms with E-state index in [1.54, 1.807) is 6.92 Å². The SMILES string of the molecule is Cc1nn2c(c1C(=O)O)C[C@H](c1ccccc1)CC2(C)C. The smallest absolute Gasteiger partial charge is 0.339 e. The number of hydrogen-bond acceptors (Lipinski definition) is 2. The third-order valence-electron chi connectivity index (χ3n) is 4.40. The second kappa shape index (κ2) is 4.72. The van der Waals surface area contributed by atoms with E-state index >= 15 is 0 Å². The molecule has 4 heteroatoms. The van der Waals surface area contributed by atoms with Crippen molar-refractivity contribution < 1.29 is 9.90 Å². The van der Waals surface area contributed by atoms with Crippen molar-refractivity contribution in [1.29, 1.82) is 0 Å². The molecule has 1 aromatic carbocycles. The average molecular weight is 284 g/mol. The molecule has 0 aliphatic carbocycles. The molecule has 1 aromatic heterocycles. The van der Waals surface area contributed by atoms with E-state index in [1.807, 2.05) is 22.9 Å². The van der Waals surface area contributed by atoms with Crippen LogP contribution in [0.4, 0.5) is 0 Å². The van der Waals surface area contributed by atoms with Crippen molar-refractivity contribution in [3.63, 3.8) is 0 Å². The Morgan fingerprint density at radius 3 is 2.62 bits per heavy atom. The molecule has 0 saturated carbocycles. The Bertz CT molecular complexity index is 686. The van der Waals surface area contributed by atoms with Gasteiger partial charge in [0, 0.05) is 0 Å². The topological polar surface area (TPSA) is 55.1 Å². The maximum atomic E-state index is 11.6. The molecule has 0 saturated heterocycles. The molecule has 2 heterocycles. The Labute approximate surface area is 124 Å². The lowest BCUT2D eigenvalue weighted by Gasteiger charge is -2.37. The molecule has 4 nitrogen and oxygen atoms in total. The average Bonchev–Trinajstić information content (AvgIpc) is 2.76. The molecule has 0 unspecified atom stereocenters. The minimum Gasteiger partial charge on any atom is -0.478 e. The van der Waals surface area contributed by atoms with Gasteiger partial charge in [0.05, 0.1) is 16.9 Å². The molecule has 2 aromatic rings. The molecule has 0 radical (unpaired) electrons. The largest absolute Gasteiger partial charge is 0.478 e. The number of aryl methyl sites for hydroxylation is 1. The molecule has 0 spiro atoms. The first-order valence-electron chi connectivity index (χ1n) is 7.27. The summed E-state index contributed by atoms with van der Waals surface area (Å²) in [6.07, 6.45) is 1.69. The summed E-state index contributed by atoms with van der Waals surface area (Å²) in [4.78, 5) is 11.6. The summed E-state index contributed by atoms with van der Waals surface area (Å²) in [5.41, 5.74) is 2.94. The van der Waals surface area contributed by atoms with Crippen LogP contribution in [0, 0.1) is 6.92 Å². The maximum Gasteiger partial charge on any atom is 0.339 e. The monoisotopic (exact) mass is 284 g/mol. The molecule has 0 fully saturated rings. The van der Waals surface area contributed by atoms with Gasteiger partial charge in [-0.1, -0.05) is 30.3 Å². The molecular formula is C17H20N2O2. The van der Waals surface area contributed by atoms with Crippen LogP contribution in [0.3, 0.4) is 0 Å². The molecule has 110 valence electrons. The maximum absolute atomic E-state index is 11.6. The fourth-order valence-corrected chi connectivity index (χ4v) is 3.50. The van der Waals surface area contributed by atoms with Gasteiger partial charge >= 0.3 is 5.97 Å². The third kappa shape index (κ3) is 2.24. The van der Waals surface area contributed by atoms with Gasteiger partial charge in [-0.3, -0.25) is 4.68 Å². The van der Waals surface area contributed by atoms with E-state index in [1.165, 1.54) is 5.56 Å². The molecule has 1 aliphatic heterocycles. The standard InChI is InChI=1S/C17H20N2O2/c1-11-15(16(20)21)14-9-13(12-7-5-4-6-8-12)10-17(2,3)19(14)18-11/h4-8,13H,9-10H2,1-3H3,(H,20,21)/t13-/m0/s1. The zero-order valence-electron chi connectivity index (χ0n) is 12.6. The van der Waals surface area contributed by atoms with Crippen molar-refractivity contribution in [3.8, 4) is 0 Å². The number of carbonyl (C=O) groups is 1. The summed E-state index contributed by atoms with van der Waals surface area (Å²) in [7, 11) is 0. The van der Waals surface area contributed by atoms with Gasteiger partial charge in [0.1, 0.15) is 5.56 Å². The van der Waals surface area contributed by atoms with E-state index < -0.39 is 5.97 Å². The van der Waals surface area contributed by atoms with E-state index in [2.05, 4.69) is 31.1 Å². The Morgan fingerprint density at radius 2 is 2.00 bits per heavy atom. The minimum atomic E-state index is -0.877. The first kappa shape index (κ1) is 13.9. The molecule has 1 atom stereocenters. The van der Waals surface area contributed by atoms with Crippen molar-refractivity contribution in [1.82, 2.24) is 9.78 Å². The highest BCUT2D eigenvalue weighted by atomic mass is 16.4. The van der Waals surface area contributed by atoms with E-state index in [0.717, 1.165) is 18.5 Å². The predicted molar refractivity (Wildman–Crippen MR) is 80.7 cm³/mol. The van der Waals surface area contributed by atoms with Gasteiger partial charge in [0.2, 0.25) is 0 Å². The van der Waals surface area contributed by atoms with Crippen molar-refractivity contribution >= 4 is 5.97 Å². The molecular weight excluding hydrogens is 264 g/mol. The Balaban J connectivity index is 2.10. The van der Waals surface area contributed by atoms with Gasteiger partial charge < -0.3 is 5.11 Å². The molecule has 0 amide bonds. The zero-order chi connectivity index (χ0) is 15.2. The summed E-state index contributed by atoms with van der Waals surface area (Å²) in [6, 6.07) is 10.3. The lowest BCUT2D eigenvalue weighted by molar-refractivity contribution is 0.0693. The van der Waals surface area contributed by atoms with Crippen molar-refractivity contribution in [3.05, 3.63) is 52.8 Å².